The van der Waals surface area contributed by atoms with Crippen molar-refractivity contribution in [2.24, 2.45) is 0 Å². The molecule has 0 bridgehead atoms. The maximum Gasteiger partial charge on any atom is 0.341 e. The zero-order chi connectivity index (χ0) is 24.4. The van der Waals surface area contributed by atoms with Crippen molar-refractivity contribution < 1.29 is 43.2 Å². The molecule has 0 atom stereocenters. The summed E-state index contributed by atoms with van der Waals surface area (Å²) in [6.07, 6.45) is 1.24. The number of carbonyl (C=O) groups is 4. The number of ether oxygens (including phenoxy) is 4. The van der Waals surface area contributed by atoms with E-state index in [2.05, 4.69) is 5.32 Å². The van der Waals surface area contributed by atoms with Gasteiger partial charge in [-0.25, -0.2) is 14.5 Å². The summed E-state index contributed by atoms with van der Waals surface area (Å²) < 4.78 is 21.2. The van der Waals surface area contributed by atoms with E-state index in [1.165, 1.54) is 30.3 Å². The van der Waals surface area contributed by atoms with Crippen LogP contribution < -0.4 is 29.2 Å². The van der Waals surface area contributed by atoms with Crippen molar-refractivity contribution in [2.45, 2.75) is 6.92 Å². The van der Waals surface area contributed by atoms with Crippen LogP contribution in [0.3, 0.4) is 0 Å². The molecule has 1 fully saturated rings. The number of urea groups is 1. The topological polar surface area (TPSA) is 141 Å². The minimum Gasteiger partial charge on any atom is -0.490 e. The Bertz CT molecular complexity index is 1240. The predicted octanol–water partition coefficient (Wildman–Crippen LogP) is 2.60. The van der Waals surface area contributed by atoms with Crippen LogP contribution in [0, 0.1) is 0 Å². The van der Waals surface area contributed by atoms with Gasteiger partial charge in [-0.1, -0.05) is 11.6 Å². The molecule has 4 amide bonds. The van der Waals surface area contributed by atoms with Gasteiger partial charge < -0.3 is 24.1 Å². The number of nitrogens with zero attached hydrogens (tertiary/aromatic N) is 1. The Morgan fingerprint density at radius 2 is 1.94 bits per heavy atom. The molecular weight excluding hydrogens is 472 g/mol. The lowest BCUT2D eigenvalue weighted by atomic mass is 10.1. The summed E-state index contributed by atoms with van der Waals surface area (Å²) in [5.74, 6) is -2.03. The minimum atomic E-state index is -1.21. The molecule has 0 aromatic heterocycles. The number of rotatable bonds is 7. The van der Waals surface area contributed by atoms with E-state index in [0.717, 1.165) is 4.90 Å². The van der Waals surface area contributed by atoms with Crippen LogP contribution in [0.1, 0.15) is 12.5 Å². The van der Waals surface area contributed by atoms with Gasteiger partial charge in [0.2, 0.25) is 6.79 Å². The lowest BCUT2D eigenvalue weighted by Crippen LogP contribution is -2.54. The summed E-state index contributed by atoms with van der Waals surface area (Å²) >= 11 is 6.24. The maximum absolute atomic E-state index is 13.1. The first-order chi connectivity index (χ1) is 16.3. The molecular formula is C22H17ClN2O9. The average Bonchev–Trinajstić information content (AvgIpc) is 3.24. The first kappa shape index (κ1) is 22.9. The Morgan fingerprint density at radius 1 is 1.18 bits per heavy atom. The van der Waals surface area contributed by atoms with Crippen molar-refractivity contribution in [2.75, 3.05) is 24.9 Å². The van der Waals surface area contributed by atoms with E-state index in [9.17, 15) is 19.2 Å². The molecule has 0 spiro atoms. The highest BCUT2D eigenvalue weighted by atomic mass is 35.5. The van der Waals surface area contributed by atoms with Gasteiger partial charge in [-0.2, -0.15) is 0 Å². The van der Waals surface area contributed by atoms with Crippen LogP contribution in [0.15, 0.2) is 35.9 Å². The zero-order valence-electron chi connectivity index (χ0n) is 17.6. The van der Waals surface area contributed by atoms with Crippen molar-refractivity contribution in [3.05, 3.63) is 46.5 Å². The number of benzene rings is 2. The number of hydrogen-bond acceptors (Lipinski definition) is 8. The van der Waals surface area contributed by atoms with E-state index in [-0.39, 0.29) is 46.7 Å². The summed E-state index contributed by atoms with van der Waals surface area (Å²) in [5.41, 5.74) is 0.125. The van der Waals surface area contributed by atoms with Crippen LogP contribution in [0.2, 0.25) is 5.02 Å². The molecule has 0 unspecified atom stereocenters. The van der Waals surface area contributed by atoms with Crippen LogP contribution >= 0.6 is 11.6 Å². The SMILES string of the molecule is CCOc1cc(/C=C2\C(=O)NC(=O)N(c3ccc4c(c3)OCO4)C2=O)cc(Cl)c1OCC(=O)O. The third kappa shape index (κ3) is 4.46. The van der Waals surface area contributed by atoms with E-state index >= 15 is 0 Å². The molecule has 0 saturated carbocycles. The van der Waals surface area contributed by atoms with Gasteiger partial charge in [0.05, 0.1) is 17.3 Å². The summed E-state index contributed by atoms with van der Waals surface area (Å²) in [4.78, 5) is 49.7. The van der Waals surface area contributed by atoms with Gasteiger partial charge in [0.1, 0.15) is 5.57 Å². The number of anilines is 1. The fourth-order valence-corrected chi connectivity index (χ4v) is 3.56. The van der Waals surface area contributed by atoms with Gasteiger partial charge in [0.25, 0.3) is 11.8 Å². The summed E-state index contributed by atoms with van der Waals surface area (Å²) in [6.45, 7) is 1.28. The van der Waals surface area contributed by atoms with E-state index in [1.807, 2.05) is 0 Å². The van der Waals surface area contributed by atoms with Crippen LogP contribution in [0.4, 0.5) is 10.5 Å². The highest BCUT2D eigenvalue weighted by Gasteiger charge is 2.37. The Hall–Kier alpha value is -4.25. The van der Waals surface area contributed by atoms with Crippen molar-refractivity contribution in [1.29, 1.82) is 0 Å². The first-order valence-electron chi connectivity index (χ1n) is 9.90. The van der Waals surface area contributed by atoms with Crippen molar-refractivity contribution in [3.63, 3.8) is 0 Å². The van der Waals surface area contributed by atoms with Gasteiger partial charge >= 0.3 is 12.0 Å². The van der Waals surface area contributed by atoms with Crippen molar-refractivity contribution in [1.82, 2.24) is 5.32 Å². The summed E-state index contributed by atoms with van der Waals surface area (Å²) in [6, 6.07) is 6.36. The monoisotopic (exact) mass is 488 g/mol. The van der Waals surface area contributed by atoms with Gasteiger partial charge in [0, 0.05) is 6.07 Å². The maximum atomic E-state index is 13.1. The van der Waals surface area contributed by atoms with Crippen LogP contribution in [-0.2, 0) is 14.4 Å². The Balaban J connectivity index is 1.70. The van der Waals surface area contributed by atoms with E-state index < -0.39 is 30.4 Å². The Morgan fingerprint density at radius 3 is 2.68 bits per heavy atom. The molecule has 2 aliphatic heterocycles. The molecule has 2 aromatic carbocycles. The molecule has 4 rings (SSSR count). The normalized spacial score (nSPS) is 16.0. The molecule has 34 heavy (non-hydrogen) atoms. The second-order valence-corrected chi connectivity index (χ2v) is 7.35. The number of nitrogens with one attached hydrogen (secondary N) is 1. The molecule has 12 heteroatoms. The Labute approximate surface area is 197 Å². The van der Waals surface area contributed by atoms with Crippen LogP contribution in [0.25, 0.3) is 6.08 Å². The minimum absolute atomic E-state index is 0.00431. The van der Waals surface area contributed by atoms with Crippen molar-refractivity contribution in [3.8, 4) is 23.0 Å². The number of hydrogen-bond donors (Lipinski definition) is 2. The summed E-state index contributed by atoms with van der Waals surface area (Å²) in [7, 11) is 0. The Kier molecular flexibility index (Phi) is 6.28. The molecule has 2 N–H and O–H groups in total. The molecule has 2 heterocycles. The largest absolute Gasteiger partial charge is 0.490 e. The number of carbonyl (C=O) groups excluding carboxylic acids is 3. The third-order valence-corrected chi connectivity index (χ3v) is 4.98. The third-order valence-electron chi connectivity index (χ3n) is 4.70. The smallest absolute Gasteiger partial charge is 0.341 e. The van der Waals surface area contributed by atoms with Gasteiger partial charge in [-0.15, -0.1) is 0 Å². The number of imide groups is 2. The van der Waals surface area contributed by atoms with Gasteiger partial charge in [-0.3, -0.25) is 14.9 Å². The number of halogens is 1. The van der Waals surface area contributed by atoms with Crippen LogP contribution in [-0.4, -0.2) is 48.9 Å². The van der Waals surface area contributed by atoms with E-state index in [4.69, 9.17) is 35.7 Å². The quantitative estimate of drug-likeness (QED) is 0.444. The lowest BCUT2D eigenvalue weighted by molar-refractivity contribution is -0.139. The molecule has 176 valence electrons. The second-order valence-electron chi connectivity index (χ2n) is 6.94. The standard InChI is InChI=1S/C22H17ClN2O9/c1-2-31-17-7-11(6-14(23)19(17)32-9-18(26)27)5-13-20(28)24-22(30)25(21(13)29)12-3-4-15-16(8-12)34-10-33-15/h3-8H,2,9-10H2,1H3,(H,26,27)(H,24,28,30)/b13-5+. The predicted molar refractivity (Wildman–Crippen MR) is 117 cm³/mol. The van der Waals surface area contributed by atoms with Crippen LogP contribution in [0.5, 0.6) is 23.0 Å². The molecule has 2 aromatic rings. The second kappa shape index (κ2) is 9.32. The van der Waals surface area contributed by atoms with Crippen molar-refractivity contribution >= 4 is 47.2 Å². The molecule has 11 nitrogen and oxygen atoms in total. The number of amides is 4. The molecule has 1 saturated heterocycles. The molecule has 0 aliphatic carbocycles. The fourth-order valence-electron chi connectivity index (χ4n) is 3.29. The molecule has 0 radical (unpaired) electrons. The number of carboxylic acid groups (broad SMARTS) is 1. The average molecular weight is 489 g/mol. The zero-order valence-corrected chi connectivity index (χ0v) is 18.4. The number of carboxylic acids is 1. The molecule has 2 aliphatic rings. The van der Waals surface area contributed by atoms with Gasteiger partial charge in [-0.05, 0) is 42.8 Å². The van der Waals surface area contributed by atoms with Gasteiger partial charge in [0.15, 0.2) is 29.6 Å². The van der Waals surface area contributed by atoms with E-state index in [0.29, 0.717) is 11.5 Å². The number of aliphatic carboxylic acids is 1. The van der Waals surface area contributed by atoms with E-state index in [1.54, 1.807) is 13.0 Å². The first-order valence-corrected chi connectivity index (χ1v) is 10.3. The highest BCUT2D eigenvalue weighted by molar-refractivity contribution is 6.39. The highest BCUT2D eigenvalue weighted by Crippen LogP contribution is 2.38. The lowest BCUT2D eigenvalue weighted by Gasteiger charge is -2.26. The number of barbiturate groups is 1. The fraction of sp³-hybridized carbons (Fsp3) is 0.182. The summed E-state index contributed by atoms with van der Waals surface area (Å²) in [5, 5.41) is 11.0. The number of fused-ring (bicyclic) bond motifs is 1.